The molecular formula is C39H27N5O2. The average molecular weight is 598 g/mol. The predicted octanol–water partition coefficient (Wildman–Crippen LogP) is 8.91. The highest BCUT2D eigenvalue weighted by atomic mass is 16.5. The van der Waals surface area contributed by atoms with Gasteiger partial charge in [-0.2, -0.15) is 0 Å². The van der Waals surface area contributed by atoms with Gasteiger partial charge >= 0.3 is 0 Å². The van der Waals surface area contributed by atoms with Gasteiger partial charge in [-0.15, -0.1) is 0 Å². The number of ether oxygens (including phenoxy) is 2. The van der Waals surface area contributed by atoms with Crippen molar-refractivity contribution in [3.05, 3.63) is 163 Å². The Morgan fingerprint density at radius 2 is 0.978 bits per heavy atom. The normalized spacial score (nSPS) is 12.6. The Bertz CT molecular complexity index is 2040. The van der Waals surface area contributed by atoms with Crippen molar-refractivity contribution in [2.75, 3.05) is 0 Å². The molecule has 220 valence electrons. The molecule has 4 aromatic carbocycles. The van der Waals surface area contributed by atoms with E-state index in [2.05, 4.69) is 56.1 Å². The minimum Gasteiger partial charge on any atom is -0.457 e. The van der Waals surface area contributed by atoms with Gasteiger partial charge in [0.2, 0.25) is 0 Å². The van der Waals surface area contributed by atoms with Crippen molar-refractivity contribution < 1.29 is 9.47 Å². The highest BCUT2D eigenvalue weighted by molar-refractivity contribution is 5.84. The first-order valence-electron chi connectivity index (χ1n) is 15.0. The summed E-state index contributed by atoms with van der Waals surface area (Å²) < 4.78 is 12.9. The van der Waals surface area contributed by atoms with Gasteiger partial charge in [-0.05, 0) is 102 Å². The van der Waals surface area contributed by atoms with Crippen LogP contribution in [0.15, 0.2) is 146 Å². The molecule has 0 saturated carbocycles. The SMILES string of the molecule is CC1(c2ncncn2)c2cc(Oc3cccc(-c4ccccn4)c3)ccc2-c2ccc(Oc3cccc(-c4ccccn4)c3)cc21. The van der Waals surface area contributed by atoms with E-state index >= 15 is 0 Å². The van der Waals surface area contributed by atoms with Crippen LogP contribution >= 0.6 is 0 Å². The molecule has 0 bridgehead atoms. The van der Waals surface area contributed by atoms with E-state index in [4.69, 9.17) is 9.47 Å². The summed E-state index contributed by atoms with van der Waals surface area (Å²) in [4.78, 5) is 22.3. The zero-order chi connectivity index (χ0) is 30.9. The van der Waals surface area contributed by atoms with Gasteiger partial charge < -0.3 is 9.47 Å². The fraction of sp³-hybridized carbons (Fsp3) is 0.0513. The Hall–Kier alpha value is -6.21. The molecule has 0 spiro atoms. The van der Waals surface area contributed by atoms with Crippen molar-refractivity contribution in [1.82, 2.24) is 24.9 Å². The molecule has 7 heteroatoms. The predicted molar refractivity (Wildman–Crippen MR) is 177 cm³/mol. The molecule has 0 fully saturated rings. The molecule has 1 aliphatic rings. The molecule has 46 heavy (non-hydrogen) atoms. The summed E-state index contributed by atoms with van der Waals surface area (Å²) in [6.45, 7) is 2.14. The second kappa shape index (κ2) is 11.4. The van der Waals surface area contributed by atoms with E-state index in [9.17, 15) is 0 Å². The van der Waals surface area contributed by atoms with E-state index in [1.807, 2.05) is 97.1 Å². The zero-order valence-corrected chi connectivity index (χ0v) is 24.9. The minimum absolute atomic E-state index is 0.645. The van der Waals surface area contributed by atoms with Crippen molar-refractivity contribution in [3.8, 4) is 56.6 Å². The van der Waals surface area contributed by atoms with Crippen LogP contribution in [0.2, 0.25) is 0 Å². The lowest BCUT2D eigenvalue weighted by Gasteiger charge is -2.26. The number of aromatic nitrogens is 5. The fourth-order valence-corrected chi connectivity index (χ4v) is 6.13. The summed E-state index contributed by atoms with van der Waals surface area (Å²) >= 11 is 0. The van der Waals surface area contributed by atoms with E-state index < -0.39 is 5.41 Å². The van der Waals surface area contributed by atoms with Crippen molar-refractivity contribution in [2.45, 2.75) is 12.3 Å². The monoisotopic (exact) mass is 597 g/mol. The number of hydrogen-bond acceptors (Lipinski definition) is 7. The molecular weight excluding hydrogens is 570 g/mol. The molecule has 0 radical (unpaired) electrons. The molecule has 0 amide bonds. The van der Waals surface area contributed by atoms with Crippen LogP contribution < -0.4 is 9.47 Å². The third kappa shape index (κ3) is 4.94. The lowest BCUT2D eigenvalue weighted by atomic mass is 9.79. The zero-order valence-electron chi connectivity index (χ0n) is 24.9. The first-order valence-corrected chi connectivity index (χ1v) is 15.0. The Morgan fingerprint density at radius 1 is 0.478 bits per heavy atom. The van der Waals surface area contributed by atoms with E-state index in [0.717, 1.165) is 56.3 Å². The Labute approximate surface area is 266 Å². The molecule has 1 aliphatic carbocycles. The van der Waals surface area contributed by atoms with Crippen LogP contribution in [0.25, 0.3) is 33.6 Å². The van der Waals surface area contributed by atoms with Crippen LogP contribution in [0.1, 0.15) is 23.9 Å². The molecule has 7 aromatic rings. The van der Waals surface area contributed by atoms with Crippen LogP contribution in [0.3, 0.4) is 0 Å². The summed E-state index contributed by atoms with van der Waals surface area (Å²) in [5.41, 5.74) is 7.34. The van der Waals surface area contributed by atoms with Gasteiger partial charge in [0.05, 0.1) is 16.8 Å². The maximum Gasteiger partial charge on any atom is 0.146 e. The average Bonchev–Trinajstić information content (AvgIpc) is 3.37. The lowest BCUT2D eigenvalue weighted by molar-refractivity contribution is 0.479. The summed E-state index contributed by atoms with van der Waals surface area (Å²) in [6, 6.07) is 40.1. The Morgan fingerprint density at radius 3 is 1.46 bits per heavy atom. The number of benzene rings is 4. The summed E-state index contributed by atoms with van der Waals surface area (Å²) in [6.07, 6.45) is 6.66. The van der Waals surface area contributed by atoms with Crippen molar-refractivity contribution >= 4 is 0 Å². The topological polar surface area (TPSA) is 82.9 Å². The van der Waals surface area contributed by atoms with Gasteiger partial charge in [0.15, 0.2) is 0 Å². The van der Waals surface area contributed by atoms with E-state index in [1.165, 1.54) is 12.7 Å². The van der Waals surface area contributed by atoms with Crippen LogP contribution in [0.4, 0.5) is 0 Å². The van der Waals surface area contributed by atoms with Crippen LogP contribution in [0.5, 0.6) is 23.0 Å². The summed E-state index contributed by atoms with van der Waals surface area (Å²) in [5, 5.41) is 0. The van der Waals surface area contributed by atoms with Crippen LogP contribution in [-0.2, 0) is 5.41 Å². The van der Waals surface area contributed by atoms with E-state index in [0.29, 0.717) is 17.3 Å². The van der Waals surface area contributed by atoms with Crippen LogP contribution in [-0.4, -0.2) is 24.9 Å². The molecule has 0 saturated heterocycles. The van der Waals surface area contributed by atoms with Gasteiger partial charge in [0, 0.05) is 23.5 Å². The minimum atomic E-state index is -0.683. The van der Waals surface area contributed by atoms with Crippen molar-refractivity contribution in [3.63, 3.8) is 0 Å². The number of hydrogen-bond donors (Lipinski definition) is 0. The molecule has 3 aromatic heterocycles. The second-order valence-electron chi connectivity index (χ2n) is 11.2. The van der Waals surface area contributed by atoms with Gasteiger partial charge in [-0.25, -0.2) is 15.0 Å². The van der Waals surface area contributed by atoms with Crippen molar-refractivity contribution in [1.29, 1.82) is 0 Å². The number of fused-ring (bicyclic) bond motifs is 3. The molecule has 0 atom stereocenters. The number of pyridine rings is 2. The summed E-state index contributed by atoms with van der Waals surface area (Å²) in [5.74, 6) is 3.53. The highest BCUT2D eigenvalue weighted by Gasteiger charge is 2.43. The maximum absolute atomic E-state index is 6.43. The van der Waals surface area contributed by atoms with Gasteiger partial charge in [-0.3, -0.25) is 9.97 Å². The Kier molecular flexibility index (Phi) is 6.76. The number of nitrogens with zero attached hydrogens (tertiary/aromatic N) is 5. The third-order valence-electron chi connectivity index (χ3n) is 8.35. The number of rotatable bonds is 7. The summed E-state index contributed by atoms with van der Waals surface area (Å²) in [7, 11) is 0. The third-order valence-corrected chi connectivity index (χ3v) is 8.35. The molecule has 0 unspecified atom stereocenters. The van der Waals surface area contributed by atoms with Gasteiger partial charge in [0.25, 0.3) is 0 Å². The first kappa shape index (κ1) is 27.3. The van der Waals surface area contributed by atoms with Crippen LogP contribution in [0, 0.1) is 0 Å². The molecule has 3 heterocycles. The van der Waals surface area contributed by atoms with Crippen molar-refractivity contribution in [2.24, 2.45) is 0 Å². The highest BCUT2D eigenvalue weighted by Crippen LogP contribution is 2.53. The quantitative estimate of drug-likeness (QED) is 0.181. The van der Waals surface area contributed by atoms with E-state index in [-0.39, 0.29) is 0 Å². The molecule has 0 N–H and O–H groups in total. The molecule has 7 nitrogen and oxygen atoms in total. The molecule has 0 aliphatic heterocycles. The van der Waals surface area contributed by atoms with Gasteiger partial charge in [-0.1, -0.05) is 48.5 Å². The first-order chi connectivity index (χ1) is 22.6. The maximum atomic E-state index is 6.43. The smallest absolute Gasteiger partial charge is 0.146 e. The molecule has 8 rings (SSSR count). The lowest BCUT2D eigenvalue weighted by Crippen LogP contribution is -2.25. The Balaban J connectivity index is 1.16. The fourth-order valence-electron chi connectivity index (χ4n) is 6.13. The second-order valence-corrected chi connectivity index (χ2v) is 11.2. The standard InChI is InChI=1S/C39H27N5O2/c1-39(38-43-24-40-25-44-38)34-22-30(45-28-10-6-8-26(20-28)36-12-2-4-18-41-36)14-16-32(34)33-17-15-31(23-35(33)39)46-29-11-7-9-27(21-29)37-13-3-5-19-42-37/h2-25H,1H3. The largest absolute Gasteiger partial charge is 0.457 e. The van der Waals surface area contributed by atoms with E-state index in [1.54, 1.807) is 12.4 Å². The van der Waals surface area contributed by atoms with Gasteiger partial charge in [0.1, 0.15) is 41.5 Å².